The molecule has 2 heterocycles. The van der Waals surface area contributed by atoms with E-state index in [0.29, 0.717) is 18.3 Å². The van der Waals surface area contributed by atoms with Crippen LogP contribution in [0.5, 0.6) is 0 Å². The zero-order valence-electron chi connectivity index (χ0n) is 8.98. The predicted octanol–water partition coefficient (Wildman–Crippen LogP) is 0.498. The molecule has 6 nitrogen and oxygen atoms in total. The Labute approximate surface area is 87.3 Å². The molecule has 0 fully saturated rings. The van der Waals surface area contributed by atoms with Gasteiger partial charge in [-0.3, -0.25) is 4.68 Å². The van der Waals surface area contributed by atoms with Crippen molar-refractivity contribution in [2.24, 2.45) is 7.05 Å². The van der Waals surface area contributed by atoms with Crippen molar-refractivity contribution in [2.75, 3.05) is 7.05 Å². The fraction of sp³-hybridized carbons (Fsp3) is 0.444. The SMILES string of the molecule is CNCc1noc(-c2cn(C)nc2C)n1. The van der Waals surface area contributed by atoms with Gasteiger partial charge in [-0.25, -0.2) is 0 Å². The molecular formula is C9H13N5O. The Bertz CT molecular complexity index is 459. The summed E-state index contributed by atoms with van der Waals surface area (Å²) in [5.74, 6) is 1.17. The number of nitrogens with one attached hydrogen (secondary N) is 1. The van der Waals surface area contributed by atoms with E-state index < -0.39 is 0 Å². The number of aryl methyl sites for hydroxylation is 2. The second kappa shape index (κ2) is 3.82. The molecule has 0 atom stereocenters. The first-order valence-corrected chi connectivity index (χ1v) is 4.68. The van der Waals surface area contributed by atoms with Crippen molar-refractivity contribution in [1.82, 2.24) is 25.2 Å². The highest BCUT2D eigenvalue weighted by atomic mass is 16.5. The molecule has 15 heavy (non-hydrogen) atoms. The van der Waals surface area contributed by atoms with Gasteiger partial charge in [0.25, 0.3) is 5.89 Å². The Kier molecular flexibility index (Phi) is 2.51. The third-order valence-electron chi connectivity index (χ3n) is 2.05. The summed E-state index contributed by atoms with van der Waals surface area (Å²) in [6.45, 7) is 2.51. The van der Waals surface area contributed by atoms with Crippen LogP contribution in [0.4, 0.5) is 0 Å². The van der Waals surface area contributed by atoms with Crippen molar-refractivity contribution in [1.29, 1.82) is 0 Å². The van der Waals surface area contributed by atoms with Crippen molar-refractivity contribution in [3.05, 3.63) is 17.7 Å². The molecule has 80 valence electrons. The second-order valence-corrected chi connectivity index (χ2v) is 3.35. The monoisotopic (exact) mass is 207 g/mol. The molecule has 0 unspecified atom stereocenters. The van der Waals surface area contributed by atoms with Gasteiger partial charge in [0.2, 0.25) is 0 Å². The van der Waals surface area contributed by atoms with Gasteiger partial charge in [0.05, 0.1) is 17.8 Å². The lowest BCUT2D eigenvalue weighted by molar-refractivity contribution is 0.420. The van der Waals surface area contributed by atoms with E-state index in [-0.39, 0.29) is 0 Å². The lowest BCUT2D eigenvalue weighted by Crippen LogP contribution is -2.06. The molecule has 2 rings (SSSR count). The van der Waals surface area contributed by atoms with Crippen LogP contribution >= 0.6 is 0 Å². The first-order chi connectivity index (χ1) is 7.20. The molecule has 0 aliphatic rings. The number of rotatable bonds is 3. The summed E-state index contributed by atoms with van der Waals surface area (Å²) < 4.78 is 6.87. The topological polar surface area (TPSA) is 68.8 Å². The minimum Gasteiger partial charge on any atom is -0.334 e. The molecule has 0 bridgehead atoms. The summed E-state index contributed by atoms with van der Waals surface area (Å²) >= 11 is 0. The highest BCUT2D eigenvalue weighted by Crippen LogP contribution is 2.19. The smallest absolute Gasteiger partial charge is 0.261 e. The molecule has 0 aliphatic carbocycles. The lowest BCUT2D eigenvalue weighted by Gasteiger charge is -1.88. The maximum absolute atomic E-state index is 5.14. The third-order valence-corrected chi connectivity index (χ3v) is 2.05. The molecule has 0 aromatic carbocycles. The van der Waals surface area contributed by atoms with Gasteiger partial charge < -0.3 is 9.84 Å². The van der Waals surface area contributed by atoms with E-state index in [2.05, 4.69) is 20.6 Å². The van der Waals surface area contributed by atoms with E-state index in [1.807, 2.05) is 27.2 Å². The van der Waals surface area contributed by atoms with Crippen LogP contribution in [0.25, 0.3) is 11.5 Å². The molecule has 0 aliphatic heterocycles. The van der Waals surface area contributed by atoms with Gasteiger partial charge in [-0.05, 0) is 14.0 Å². The van der Waals surface area contributed by atoms with Gasteiger partial charge in [-0.1, -0.05) is 5.16 Å². The maximum Gasteiger partial charge on any atom is 0.261 e. The molecular weight excluding hydrogens is 194 g/mol. The van der Waals surface area contributed by atoms with Gasteiger partial charge in [-0.2, -0.15) is 10.1 Å². The fourth-order valence-electron chi connectivity index (χ4n) is 1.40. The average molecular weight is 207 g/mol. The molecule has 6 heteroatoms. The molecule has 0 saturated heterocycles. The van der Waals surface area contributed by atoms with Gasteiger partial charge in [0.1, 0.15) is 0 Å². The average Bonchev–Trinajstić information content (AvgIpc) is 2.73. The summed E-state index contributed by atoms with van der Waals surface area (Å²) in [5, 5.41) is 11.0. The Morgan fingerprint density at radius 2 is 2.33 bits per heavy atom. The van der Waals surface area contributed by atoms with Crippen molar-refractivity contribution < 1.29 is 4.52 Å². The zero-order valence-corrected chi connectivity index (χ0v) is 8.98. The largest absolute Gasteiger partial charge is 0.334 e. The summed E-state index contributed by atoms with van der Waals surface area (Å²) in [6.07, 6.45) is 1.87. The van der Waals surface area contributed by atoms with Crippen LogP contribution in [0, 0.1) is 6.92 Å². The molecule has 2 aromatic rings. The summed E-state index contributed by atoms with van der Waals surface area (Å²) in [6, 6.07) is 0. The van der Waals surface area contributed by atoms with Crippen LogP contribution in [0.2, 0.25) is 0 Å². The van der Waals surface area contributed by atoms with Crippen LogP contribution in [-0.2, 0) is 13.6 Å². The van der Waals surface area contributed by atoms with Gasteiger partial charge in [-0.15, -0.1) is 0 Å². The summed E-state index contributed by atoms with van der Waals surface area (Å²) in [7, 11) is 3.70. The van der Waals surface area contributed by atoms with E-state index >= 15 is 0 Å². The van der Waals surface area contributed by atoms with Crippen molar-refractivity contribution >= 4 is 0 Å². The van der Waals surface area contributed by atoms with Crippen molar-refractivity contribution in [3.8, 4) is 11.5 Å². The first-order valence-electron chi connectivity index (χ1n) is 4.68. The van der Waals surface area contributed by atoms with Crippen LogP contribution in [-0.4, -0.2) is 27.0 Å². The van der Waals surface area contributed by atoms with Crippen LogP contribution in [0.3, 0.4) is 0 Å². The van der Waals surface area contributed by atoms with Crippen LogP contribution in [0.15, 0.2) is 10.7 Å². The van der Waals surface area contributed by atoms with Gasteiger partial charge >= 0.3 is 0 Å². The third kappa shape index (κ3) is 1.89. The highest BCUT2D eigenvalue weighted by molar-refractivity contribution is 5.54. The standard InChI is InChI=1S/C9H13N5O/c1-6-7(5-14(3)12-6)9-11-8(4-10-2)13-15-9/h5,10H,4H2,1-3H3. The molecule has 2 aromatic heterocycles. The summed E-state index contributed by atoms with van der Waals surface area (Å²) in [4.78, 5) is 4.25. The number of aromatic nitrogens is 4. The Balaban J connectivity index is 2.32. The molecule has 0 radical (unpaired) electrons. The van der Waals surface area contributed by atoms with E-state index in [9.17, 15) is 0 Å². The van der Waals surface area contributed by atoms with Gasteiger partial charge in [0.15, 0.2) is 5.82 Å². The van der Waals surface area contributed by atoms with Crippen LogP contribution in [0.1, 0.15) is 11.5 Å². The maximum atomic E-state index is 5.14. The first kappa shape index (κ1) is 9.85. The fourth-order valence-corrected chi connectivity index (χ4v) is 1.40. The normalized spacial score (nSPS) is 10.9. The van der Waals surface area contributed by atoms with E-state index in [1.165, 1.54) is 0 Å². The Hall–Kier alpha value is -1.69. The van der Waals surface area contributed by atoms with Gasteiger partial charge in [0, 0.05) is 13.2 Å². The number of hydrogen-bond donors (Lipinski definition) is 1. The second-order valence-electron chi connectivity index (χ2n) is 3.35. The Morgan fingerprint density at radius 3 is 2.93 bits per heavy atom. The number of hydrogen-bond acceptors (Lipinski definition) is 5. The van der Waals surface area contributed by atoms with Crippen molar-refractivity contribution in [3.63, 3.8) is 0 Å². The zero-order chi connectivity index (χ0) is 10.8. The molecule has 1 N–H and O–H groups in total. The molecule has 0 spiro atoms. The van der Waals surface area contributed by atoms with Crippen LogP contribution < -0.4 is 5.32 Å². The molecule has 0 amide bonds. The van der Waals surface area contributed by atoms with E-state index in [4.69, 9.17) is 4.52 Å². The van der Waals surface area contributed by atoms with Crippen molar-refractivity contribution in [2.45, 2.75) is 13.5 Å². The lowest BCUT2D eigenvalue weighted by atomic mass is 10.3. The minimum atomic E-state index is 0.519. The minimum absolute atomic E-state index is 0.519. The number of nitrogens with zero attached hydrogens (tertiary/aromatic N) is 4. The predicted molar refractivity (Wildman–Crippen MR) is 54.0 cm³/mol. The molecule has 0 saturated carbocycles. The Morgan fingerprint density at radius 1 is 1.53 bits per heavy atom. The summed E-state index contributed by atoms with van der Waals surface area (Å²) in [5.41, 5.74) is 1.77. The quantitative estimate of drug-likeness (QED) is 0.793. The van der Waals surface area contributed by atoms with E-state index in [0.717, 1.165) is 11.3 Å². The highest BCUT2D eigenvalue weighted by Gasteiger charge is 2.13. The van der Waals surface area contributed by atoms with E-state index in [1.54, 1.807) is 4.68 Å².